The van der Waals surface area contributed by atoms with E-state index >= 15 is 0 Å². The summed E-state index contributed by atoms with van der Waals surface area (Å²) < 4.78 is 5.50. The van der Waals surface area contributed by atoms with Gasteiger partial charge in [0.05, 0.1) is 26.8 Å². The van der Waals surface area contributed by atoms with Crippen LogP contribution in [0.25, 0.3) is 32.5 Å². The van der Waals surface area contributed by atoms with E-state index in [1.54, 1.807) is 15.9 Å². The maximum absolute atomic E-state index is 13.2. The van der Waals surface area contributed by atoms with E-state index in [9.17, 15) is 4.79 Å². The molecule has 3 aromatic heterocycles. The molecule has 0 aliphatic carbocycles. The van der Waals surface area contributed by atoms with Crippen LogP contribution < -0.4 is 5.56 Å². The van der Waals surface area contributed by atoms with Crippen LogP contribution in [0, 0.1) is 0 Å². The third-order valence-electron chi connectivity index (χ3n) is 4.08. The minimum Gasteiger partial charge on any atom is -0.267 e. The van der Waals surface area contributed by atoms with Crippen LogP contribution in [-0.2, 0) is 0 Å². The van der Waals surface area contributed by atoms with Gasteiger partial charge >= 0.3 is 0 Å². The average Bonchev–Trinajstić information content (AvgIpc) is 3.18. The van der Waals surface area contributed by atoms with E-state index in [0.717, 1.165) is 20.4 Å². The minimum absolute atomic E-state index is 0.0662. The van der Waals surface area contributed by atoms with Crippen LogP contribution in [0.4, 0.5) is 0 Å². The zero-order valence-corrected chi connectivity index (χ0v) is 14.7. The molecule has 6 heteroatoms. The molecule has 0 aliphatic heterocycles. The van der Waals surface area contributed by atoms with Crippen LogP contribution in [0.5, 0.6) is 0 Å². The fourth-order valence-corrected chi connectivity index (χ4v) is 4.26. The first-order valence-corrected chi connectivity index (χ1v) is 9.07. The number of hydrogen-bond donors (Lipinski definition) is 0. The Morgan fingerprint density at radius 2 is 1.88 bits per heavy atom. The van der Waals surface area contributed by atoms with Crippen LogP contribution in [0.15, 0.2) is 69.2 Å². The van der Waals surface area contributed by atoms with Gasteiger partial charge in [-0.05, 0) is 41.8 Å². The molecule has 0 saturated carbocycles. The van der Waals surface area contributed by atoms with Crippen LogP contribution in [-0.4, -0.2) is 14.2 Å². The predicted octanol–water partition coefficient (Wildman–Crippen LogP) is 4.62. The number of fused-ring (bicyclic) bond motifs is 4. The van der Waals surface area contributed by atoms with E-state index in [1.165, 1.54) is 0 Å². The second kappa shape index (κ2) is 5.03. The molecule has 0 radical (unpaired) electrons. The van der Waals surface area contributed by atoms with Gasteiger partial charge in [-0.25, -0.2) is 9.67 Å². The Hall–Kier alpha value is -2.44. The summed E-state index contributed by atoms with van der Waals surface area (Å²) in [7, 11) is 0. The van der Waals surface area contributed by atoms with Crippen molar-refractivity contribution in [3.8, 4) is 5.69 Å². The van der Waals surface area contributed by atoms with Gasteiger partial charge in [-0.2, -0.15) is 4.52 Å². The highest BCUT2D eigenvalue weighted by atomic mass is 79.9. The Labute approximate surface area is 148 Å². The van der Waals surface area contributed by atoms with Crippen LogP contribution in [0.1, 0.15) is 0 Å². The lowest BCUT2D eigenvalue weighted by Crippen LogP contribution is -2.20. The summed E-state index contributed by atoms with van der Waals surface area (Å²) in [5.41, 5.74) is 3.27. The number of benzene rings is 2. The third-order valence-corrected chi connectivity index (χ3v) is 5.48. The van der Waals surface area contributed by atoms with E-state index in [1.807, 2.05) is 64.7 Å². The summed E-state index contributed by atoms with van der Waals surface area (Å²) in [5, 5.41) is 2.63. The van der Waals surface area contributed by atoms with Gasteiger partial charge in [-0.3, -0.25) is 4.79 Å². The Balaban J connectivity index is 2.07. The topological polar surface area (TPSA) is 39.3 Å². The van der Waals surface area contributed by atoms with Crippen molar-refractivity contribution in [3.63, 3.8) is 0 Å². The van der Waals surface area contributed by atoms with Crippen molar-refractivity contribution in [1.82, 2.24) is 14.2 Å². The van der Waals surface area contributed by atoms with Crippen molar-refractivity contribution in [2.75, 3.05) is 0 Å². The molecule has 116 valence electrons. The molecule has 0 unspecified atom stereocenters. The maximum atomic E-state index is 13.2. The Kier molecular flexibility index (Phi) is 2.92. The molecule has 5 rings (SSSR count). The summed E-state index contributed by atoms with van der Waals surface area (Å²) in [4.78, 5) is 17.9. The number of hydrogen-bond acceptors (Lipinski definition) is 3. The predicted molar refractivity (Wildman–Crippen MR) is 101 cm³/mol. The Morgan fingerprint density at radius 1 is 1.04 bits per heavy atom. The number of halogens is 1. The molecule has 0 N–H and O–H groups in total. The van der Waals surface area contributed by atoms with E-state index in [2.05, 4.69) is 15.9 Å². The van der Waals surface area contributed by atoms with Gasteiger partial charge in [0.15, 0.2) is 5.65 Å². The lowest BCUT2D eigenvalue weighted by atomic mass is 10.2. The second-order valence-electron chi connectivity index (χ2n) is 5.50. The van der Waals surface area contributed by atoms with Crippen molar-refractivity contribution in [1.29, 1.82) is 0 Å². The molecule has 0 bridgehead atoms. The van der Waals surface area contributed by atoms with E-state index in [4.69, 9.17) is 4.98 Å². The van der Waals surface area contributed by atoms with Crippen molar-refractivity contribution < 1.29 is 0 Å². The van der Waals surface area contributed by atoms with Crippen molar-refractivity contribution in [2.45, 2.75) is 0 Å². The summed E-state index contributed by atoms with van der Waals surface area (Å²) in [6, 6.07) is 17.5. The van der Waals surface area contributed by atoms with Gasteiger partial charge in [0, 0.05) is 4.47 Å². The number of thiophene rings is 1. The number of rotatable bonds is 1. The molecule has 0 amide bonds. The van der Waals surface area contributed by atoms with Gasteiger partial charge in [0.1, 0.15) is 0 Å². The summed E-state index contributed by atoms with van der Waals surface area (Å²) in [6.45, 7) is 0. The molecule has 0 atom stereocenters. The molecule has 4 nitrogen and oxygen atoms in total. The minimum atomic E-state index is -0.0662. The van der Waals surface area contributed by atoms with Gasteiger partial charge in [-0.1, -0.05) is 34.1 Å². The summed E-state index contributed by atoms with van der Waals surface area (Å²) in [5.74, 6) is 0. The quantitative estimate of drug-likeness (QED) is 0.415. The zero-order valence-electron chi connectivity index (χ0n) is 12.3. The number of para-hydroxylation sites is 1. The van der Waals surface area contributed by atoms with Crippen LogP contribution in [0.3, 0.4) is 0 Å². The van der Waals surface area contributed by atoms with Crippen LogP contribution in [0.2, 0.25) is 0 Å². The normalized spacial score (nSPS) is 11.7. The molecule has 5 aromatic rings. The highest BCUT2D eigenvalue weighted by Gasteiger charge is 2.17. The Morgan fingerprint density at radius 3 is 2.71 bits per heavy atom. The average molecular weight is 396 g/mol. The van der Waals surface area contributed by atoms with Crippen molar-refractivity contribution >= 4 is 54.0 Å². The maximum Gasteiger partial charge on any atom is 0.281 e. The summed E-state index contributed by atoms with van der Waals surface area (Å²) >= 11 is 5.04. The number of aromatic nitrogens is 3. The molecular weight excluding hydrogens is 386 g/mol. The van der Waals surface area contributed by atoms with E-state index < -0.39 is 0 Å². The fourth-order valence-electron chi connectivity index (χ4n) is 3.05. The molecule has 0 saturated heterocycles. The lowest BCUT2D eigenvalue weighted by molar-refractivity contribution is 0.794. The first-order chi connectivity index (χ1) is 11.7. The SMILES string of the molecule is O=c1c2cc(Br)ccc2nc2c3sccc3n(-c3ccccc3)n12. The second-order valence-corrected chi connectivity index (χ2v) is 7.33. The van der Waals surface area contributed by atoms with Gasteiger partial charge in [0.25, 0.3) is 5.56 Å². The first-order valence-electron chi connectivity index (χ1n) is 7.40. The highest BCUT2D eigenvalue weighted by Crippen LogP contribution is 2.29. The van der Waals surface area contributed by atoms with Crippen molar-refractivity contribution in [2.24, 2.45) is 0 Å². The molecule has 0 aliphatic rings. The Bertz CT molecular complexity index is 1280. The molecule has 24 heavy (non-hydrogen) atoms. The van der Waals surface area contributed by atoms with Gasteiger partial charge < -0.3 is 0 Å². The monoisotopic (exact) mass is 395 g/mol. The highest BCUT2D eigenvalue weighted by molar-refractivity contribution is 9.10. The van der Waals surface area contributed by atoms with E-state index in [-0.39, 0.29) is 5.56 Å². The summed E-state index contributed by atoms with van der Waals surface area (Å²) in [6.07, 6.45) is 0. The smallest absolute Gasteiger partial charge is 0.267 e. The van der Waals surface area contributed by atoms with Crippen molar-refractivity contribution in [3.05, 3.63) is 74.8 Å². The first kappa shape index (κ1) is 13.9. The molecule has 0 spiro atoms. The molecular formula is C18H10BrN3OS. The molecule has 2 aromatic carbocycles. The van der Waals surface area contributed by atoms with E-state index in [0.29, 0.717) is 16.6 Å². The third kappa shape index (κ3) is 1.84. The van der Waals surface area contributed by atoms with Gasteiger partial charge in [0.2, 0.25) is 0 Å². The van der Waals surface area contributed by atoms with Crippen LogP contribution >= 0.6 is 27.3 Å². The zero-order chi connectivity index (χ0) is 16.3. The standard InChI is InChI=1S/C18H10BrN3OS/c19-11-6-7-14-13(10-11)18(23)22-17(20-14)16-15(8-9-24-16)21(22)12-4-2-1-3-5-12/h1-10H. The molecule has 0 fully saturated rings. The van der Waals surface area contributed by atoms with Gasteiger partial charge in [-0.15, -0.1) is 11.3 Å². The largest absolute Gasteiger partial charge is 0.281 e. The fraction of sp³-hybridized carbons (Fsp3) is 0. The molecule has 3 heterocycles. The lowest BCUT2D eigenvalue weighted by Gasteiger charge is -2.08. The number of nitrogens with zero attached hydrogens (tertiary/aromatic N) is 3.